The second-order valence-corrected chi connectivity index (χ2v) is 9.11. The maximum atomic E-state index is 13.4. The number of benzene rings is 4. The van der Waals surface area contributed by atoms with Crippen LogP contribution in [-0.2, 0) is 11.3 Å². The van der Waals surface area contributed by atoms with Crippen LogP contribution < -0.4 is 10.6 Å². The van der Waals surface area contributed by atoms with E-state index in [0.717, 1.165) is 28.1 Å². The van der Waals surface area contributed by atoms with Crippen LogP contribution in [0.4, 0.5) is 0 Å². The summed E-state index contributed by atoms with van der Waals surface area (Å²) in [6.07, 6.45) is 1.67. The van der Waals surface area contributed by atoms with Gasteiger partial charge in [-0.3, -0.25) is 9.59 Å². The summed E-state index contributed by atoms with van der Waals surface area (Å²) < 4.78 is 1.77. The molecule has 6 heteroatoms. The number of carbonyl (C=O) groups is 2. The molecular weight excluding hydrogens is 484 g/mol. The number of carbonyl (C=O) groups excluding carboxylic acids is 2. The highest BCUT2D eigenvalue weighted by Crippen LogP contribution is 2.23. The number of amides is 2. The summed E-state index contributed by atoms with van der Waals surface area (Å²) in [5.74, 6) is -0.772. The average Bonchev–Trinajstić information content (AvgIpc) is 3.41. The van der Waals surface area contributed by atoms with E-state index < -0.39 is 5.91 Å². The topological polar surface area (TPSA) is 76.0 Å². The van der Waals surface area contributed by atoms with Crippen LogP contribution in [0.2, 0.25) is 0 Å². The smallest absolute Gasteiger partial charge is 0.268 e. The van der Waals surface area contributed by atoms with Gasteiger partial charge in [-0.05, 0) is 48.9 Å². The highest BCUT2D eigenvalue weighted by molar-refractivity contribution is 6.05. The summed E-state index contributed by atoms with van der Waals surface area (Å²) in [6, 6.07) is 38.3. The number of nitrogens with one attached hydrogen (secondary N) is 2. The van der Waals surface area contributed by atoms with Crippen LogP contribution in [0.5, 0.6) is 0 Å². The molecule has 5 aromatic rings. The zero-order chi connectivity index (χ0) is 27.0. The molecule has 2 N–H and O–H groups in total. The normalized spacial score (nSPS) is 11.2. The fourth-order valence-corrected chi connectivity index (χ4v) is 4.10. The van der Waals surface area contributed by atoms with Crippen molar-refractivity contribution in [2.75, 3.05) is 0 Å². The molecule has 0 aliphatic carbocycles. The largest absolute Gasteiger partial charge is 0.347 e. The standard InChI is InChI=1S/C33H28N4O2/c1-24-17-19-27(20-18-24)32(38)35-31(33(39)34-23-25-11-5-2-6-12-25)22-29-21-30(26-13-7-3-8-14-26)36-37(29)28-15-9-4-10-16-28/h2-22H,23H2,1H3,(H,34,39)(H,35,38). The maximum absolute atomic E-state index is 13.4. The van der Waals surface area contributed by atoms with E-state index in [-0.39, 0.29) is 11.6 Å². The van der Waals surface area contributed by atoms with Crippen molar-refractivity contribution in [1.29, 1.82) is 0 Å². The number of hydrogen-bond donors (Lipinski definition) is 2. The van der Waals surface area contributed by atoms with Crippen LogP contribution in [0.1, 0.15) is 27.2 Å². The van der Waals surface area contributed by atoms with Gasteiger partial charge in [0.15, 0.2) is 0 Å². The van der Waals surface area contributed by atoms with Gasteiger partial charge >= 0.3 is 0 Å². The molecule has 0 unspecified atom stereocenters. The SMILES string of the molecule is Cc1ccc(C(=O)NC(=Cc2cc(-c3ccccc3)nn2-c2ccccc2)C(=O)NCc2ccccc2)cc1. The minimum absolute atomic E-state index is 0.119. The number of aromatic nitrogens is 2. The second-order valence-electron chi connectivity index (χ2n) is 9.11. The third-order valence-corrected chi connectivity index (χ3v) is 6.20. The molecule has 0 saturated heterocycles. The van der Waals surface area contributed by atoms with E-state index >= 15 is 0 Å². The van der Waals surface area contributed by atoms with Crippen molar-refractivity contribution in [3.63, 3.8) is 0 Å². The molecule has 2 amide bonds. The zero-order valence-corrected chi connectivity index (χ0v) is 21.5. The predicted octanol–water partition coefficient (Wildman–Crippen LogP) is 5.94. The molecule has 0 radical (unpaired) electrons. The monoisotopic (exact) mass is 512 g/mol. The molecule has 0 atom stereocenters. The van der Waals surface area contributed by atoms with Crippen molar-refractivity contribution >= 4 is 17.9 Å². The molecule has 0 saturated carbocycles. The molecule has 1 aromatic heterocycles. The highest BCUT2D eigenvalue weighted by atomic mass is 16.2. The van der Waals surface area contributed by atoms with Crippen molar-refractivity contribution in [2.24, 2.45) is 0 Å². The quantitative estimate of drug-likeness (QED) is 0.253. The summed E-state index contributed by atoms with van der Waals surface area (Å²) in [5, 5.41) is 10.6. The summed E-state index contributed by atoms with van der Waals surface area (Å²) in [4.78, 5) is 26.6. The van der Waals surface area contributed by atoms with Crippen LogP contribution >= 0.6 is 0 Å². The summed E-state index contributed by atoms with van der Waals surface area (Å²) >= 11 is 0. The number of hydrogen-bond acceptors (Lipinski definition) is 3. The maximum Gasteiger partial charge on any atom is 0.268 e. The Hall–Kier alpha value is -5.23. The van der Waals surface area contributed by atoms with E-state index in [2.05, 4.69) is 10.6 Å². The van der Waals surface area contributed by atoms with Gasteiger partial charge in [0, 0.05) is 17.7 Å². The van der Waals surface area contributed by atoms with E-state index in [1.54, 1.807) is 22.9 Å². The molecule has 0 spiro atoms. The number of nitrogens with zero attached hydrogens (tertiary/aromatic N) is 2. The van der Waals surface area contributed by atoms with Gasteiger partial charge in [0.25, 0.3) is 11.8 Å². The van der Waals surface area contributed by atoms with Crippen molar-refractivity contribution in [1.82, 2.24) is 20.4 Å². The Morgan fingerprint density at radius 2 is 1.41 bits per heavy atom. The molecule has 0 aliphatic rings. The Morgan fingerprint density at radius 1 is 0.795 bits per heavy atom. The molecule has 39 heavy (non-hydrogen) atoms. The van der Waals surface area contributed by atoms with Gasteiger partial charge in [-0.2, -0.15) is 5.10 Å². The van der Waals surface area contributed by atoms with Crippen LogP contribution in [0.15, 0.2) is 127 Å². The van der Waals surface area contributed by atoms with Crippen LogP contribution in [0.25, 0.3) is 23.0 Å². The number of rotatable bonds is 8. The molecule has 1 heterocycles. The van der Waals surface area contributed by atoms with Gasteiger partial charge in [0.05, 0.1) is 17.1 Å². The van der Waals surface area contributed by atoms with Crippen molar-refractivity contribution in [3.05, 3.63) is 149 Å². The summed E-state index contributed by atoms with van der Waals surface area (Å²) in [5.41, 5.74) is 5.75. The minimum Gasteiger partial charge on any atom is -0.347 e. The Balaban J connectivity index is 1.54. The first-order valence-corrected chi connectivity index (χ1v) is 12.7. The van der Waals surface area contributed by atoms with Crippen LogP contribution in [0.3, 0.4) is 0 Å². The van der Waals surface area contributed by atoms with Crippen molar-refractivity contribution in [3.8, 4) is 16.9 Å². The Labute approximate surface area is 227 Å². The first kappa shape index (κ1) is 25.4. The third-order valence-electron chi connectivity index (χ3n) is 6.20. The Morgan fingerprint density at radius 3 is 2.08 bits per heavy atom. The molecule has 0 fully saturated rings. The van der Waals surface area contributed by atoms with Crippen molar-refractivity contribution in [2.45, 2.75) is 13.5 Å². The van der Waals surface area contributed by atoms with Crippen molar-refractivity contribution < 1.29 is 9.59 Å². The lowest BCUT2D eigenvalue weighted by Gasteiger charge is -2.12. The summed E-state index contributed by atoms with van der Waals surface area (Å²) in [7, 11) is 0. The zero-order valence-electron chi connectivity index (χ0n) is 21.5. The van der Waals surface area contributed by atoms with Gasteiger partial charge in [-0.25, -0.2) is 4.68 Å². The summed E-state index contributed by atoms with van der Waals surface area (Å²) in [6.45, 7) is 2.28. The number of para-hydroxylation sites is 1. The second kappa shape index (κ2) is 11.9. The fourth-order valence-electron chi connectivity index (χ4n) is 4.10. The molecule has 0 aliphatic heterocycles. The third kappa shape index (κ3) is 6.37. The fraction of sp³-hybridized carbons (Fsp3) is 0.0606. The van der Waals surface area contributed by atoms with Gasteiger partial charge < -0.3 is 10.6 Å². The molecule has 192 valence electrons. The molecular formula is C33H28N4O2. The van der Waals surface area contributed by atoms with E-state index in [1.807, 2.05) is 116 Å². The van der Waals surface area contributed by atoms with Gasteiger partial charge in [0.1, 0.15) is 5.70 Å². The molecule has 4 aromatic carbocycles. The lowest BCUT2D eigenvalue weighted by Crippen LogP contribution is -2.34. The van der Waals surface area contributed by atoms with Gasteiger partial charge in [0.2, 0.25) is 0 Å². The minimum atomic E-state index is -0.401. The van der Waals surface area contributed by atoms with Gasteiger partial charge in [-0.1, -0.05) is 96.6 Å². The van der Waals surface area contributed by atoms with E-state index in [0.29, 0.717) is 17.8 Å². The number of aryl methyl sites for hydroxylation is 1. The van der Waals surface area contributed by atoms with Crippen LogP contribution in [-0.4, -0.2) is 21.6 Å². The van der Waals surface area contributed by atoms with E-state index in [9.17, 15) is 9.59 Å². The first-order chi connectivity index (χ1) is 19.1. The van der Waals surface area contributed by atoms with E-state index in [4.69, 9.17) is 5.10 Å². The lowest BCUT2D eigenvalue weighted by molar-refractivity contribution is -0.117. The average molecular weight is 513 g/mol. The molecule has 6 nitrogen and oxygen atoms in total. The lowest BCUT2D eigenvalue weighted by atomic mass is 10.1. The highest BCUT2D eigenvalue weighted by Gasteiger charge is 2.17. The Bertz CT molecular complexity index is 1590. The Kier molecular flexibility index (Phi) is 7.74. The first-order valence-electron chi connectivity index (χ1n) is 12.7. The van der Waals surface area contributed by atoms with Crippen LogP contribution in [0, 0.1) is 6.92 Å². The van der Waals surface area contributed by atoms with E-state index in [1.165, 1.54) is 0 Å². The molecule has 0 bridgehead atoms. The molecule has 5 rings (SSSR count). The predicted molar refractivity (Wildman–Crippen MR) is 154 cm³/mol. The van der Waals surface area contributed by atoms with Gasteiger partial charge in [-0.15, -0.1) is 0 Å².